The predicted octanol–water partition coefficient (Wildman–Crippen LogP) is 1.89. The highest BCUT2D eigenvalue weighted by Crippen LogP contribution is 2.27. The van der Waals surface area contributed by atoms with E-state index in [4.69, 9.17) is 11.6 Å². The lowest BCUT2D eigenvalue weighted by Gasteiger charge is -2.06. The molecule has 0 aliphatic rings. The number of halogens is 1. The van der Waals surface area contributed by atoms with Gasteiger partial charge in [0.15, 0.2) is 5.03 Å². The second-order valence-corrected chi connectivity index (χ2v) is 6.05. The van der Waals surface area contributed by atoms with E-state index in [1.165, 1.54) is 24.4 Å². The quantitative estimate of drug-likeness (QED) is 0.848. The molecule has 1 aromatic heterocycles. The summed E-state index contributed by atoms with van der Waals surface area (Å²) in [5, 5.41) is 9.27. The fraction of sp³-hybridized carbons (Fsp3) is 0.182. The average molecular weight is 302 g/mol. The Morgan fingerprint density at radius 2 is 2.11 bits per heavy atom. The molecule has 0 aliphatic heterocycles. The van der Waals surface area contributed by atoms with E-state index >= 15 is 0 Å². The minimum Gasteiger partial charge on any atom is -0.506 e. The SMILES string of the molecule is Cc1nc(S(=O)(=O)Nc2ccc(O)c(Cl)c2)cn1C. The first-order chi connectivity index (χ1) is 8.79. The van der Waals surface area contributed by atoms with Crippen molar-refractivity contribution >= 4 is 27.3 Å². The third kappa shape index (κ3) is 2.82. The van der Waals surface area contributed by atoms with Gasteiger partial charge < -0.3 is 9.67 Å². The molecule has 6 nitrogen and oxygen atoms in total. The molecule has 2 N–H and O–H groups in total. The maximum atomic E-state index is 12.1. The number of imidazole rings is 1. The molecule has 19 heavy (non-hydrogen) atoms. The second kappa shape index (κ2) is 4.75. The van der Waals surface area contributed by atoms with Gasteiger partial charge in [0.1, 0.15) is 11.6 Å². The van der Waals surface area contributed by atoms with Gasteiger partial charge in [0.2, 0.25) is 0 Å². The van der Waals surface area contributed by atoms with Crippen LogP contribution in [0.1, 0.15) is 5.82 Å². The van der Waals surface area contributed by atoms with Crippen LogP contribution in [0.15, 0.2) is 29.4 Å². The first kappa shape index (κ1) is 13.7. The molecule has 2 aromatic rings. The van der Waals surface area contributed by atoms with Crippen molar-refractivity contribution in [2.75, 3.05) is 4.72 Å². The van der Waals surface area contributed by atoms with Crippen molar-refractivity contribution in [2.45, 2.75) is 11.9 Å². The predicted molar refractivity (Wildman–Crippen MR) is 71.9 cm³/mol. The molecular weight excluding hydrogens is 290 g/mol. The van der Waals surface area contributed by atoms with Crippen molar-refractivity contribution in [2.24, 2.45) is 7.05 Å². The molecule has 2 rings (SSSR count). The Morgan fingerprint density at radius 3 is 2.63 bits per heavy atom. The molecule has 1 aromatic carbocycles. The number of anilines is 1. The number of sulfonamides is 1. The van der Waals surface area contributed by atoms with Crippen molar-refractivity contribution < 1.29 is 13.5 Å². The van der Waals surface area contributed by atoms with Crippen molar-refractivity contribution in [3.63, 3.8) is 0 Å². The minimum absolute atomic E-state index is 0.0670. The van der Waals surface area contributed by atoms with E-state index in [1.54, 1.807) is 18.5 Å². The fourth-order valence-electron chi connectivity index (χ4n) is 1.43. The molecule has 0 aliphatic carbocycles. The molecule has 0 bridgehead atoms. The fourth-order valence-corrected chi connectivity index (χ4v) is 2.71. The first-order valence-electron chi connectivity index (χ1n) is 5.31. The molecule has 0 amide bonds. The standard InChI is InChI=1S/C11H12ClN3O3S/c1-7-13-11(6-15(7)2)19(17,18)14-8-3-4-10(16)9(12)5-8/h3-6,14,16H,1-2H3. The molecule has 8 heteroatoms. The molecule has 0 atom stereocenters. The van der Waals surface area contributed by atoms with E-state index in [9.17, 15) is 13.5 Å². The Labute approximate surface area is 115 Å². The number of nitrogens with zero attached hydrogens (tertiary/aromatic N) is 2. The Bertz CT molecular complexity index is 705. The third-order valence-corrected chi connectivity index (χ3v) is 4.12. The number of aromatic hydroxyl groups is 1. The Morgan fingerprint density at radius 1 is 1.42 bits per heavy atom. The Kier molecular flexibility index (Phi) is 3.42. The van der Waals surface area contributed by atoms with E-state index in [-0.39, 0.29) is 21.5 Å². The third-order valence-electron chi connectivity index (χ3n) is 2.56. The van der Waals surface area contributed by atoms with Crippen LogP contribution >= 0.6 is 11.6 Å². The normalized spacial score (nSPS) is 11.5. The lowest BCUT2D eigenvalue weighted by atomic mass is 10.3. The molecule has 0 spiro atoms. The van der Waals surface area contributed by atoms with E-state index in [2.05, 4.69) is 9.71 Å². The summed E-state index contributed by atoms with van der Waals surface area (Å²) >= 11 is 5.71. The number of aromatic nitrogens is 2. The van der Waals surface area contributed by atoms with Crippen LogP contribution in [0.3, 0.4) is 0 Å². The van der Waals surface area contributed by atoms with Crippen LogP contribution in [-0.4, -0.2) is 23.1 Å². The zero-order valence-corrected chi connectivity index (χ0v) is 11.8. The monoisotopic (exact) mass is 301 g/mol. The van der Waals surface area contributed by atoms with Gasteiger partial charge in [0.25, 0.3) is 10.0 Å². The summed E-state index contributed by atoms with van der Waals surface area (Å²) in [4.78, 5) is 3.95. The highest BCUT2D eigenvalue weighted by Gasteiger charge is 2.18. The maximum absolute atomic E-state index is 12.1. The molecule has 1 heterocycles. The number of benzene rings is 1. The number of rotatable bonds is 3. The van der Waals surface area contributed by atoms with Crippen LogP contribution in [-0.2, 0) is 17.1 Å². The van der Waals surface area contributed by atoms with E-state index in [0.29, 0.717) is 5.82 Å². The van der Waals surface area contributed by atoms with Gasteiger partial charge in [-0.3, -0.25) is 4.72 Å². The van der Waals surface area contributed by atoms with Gasteiger partial charge in [-0.2, -0.15) is 8.42 Å². The van der Waals surface area contributed by atoms with Gasteiger partial charge in [-0.05, 0) is 25.1 Å². The van der Waals surface area contributed by atoms with Gasteiger partial charge >= 0.3 is 0 Å². The molecule has 0 unspecified atom stereocenters. The zero-order valence-electron chi connectivity index (χ0n) is 10.3. The maximum Gasteiger partial charge on any atom is 0.280 e. The smallest absolute Gasteiger partial charge is 0.280 e. The van der Waals surface area contributed by atoms with Crippen molar-refractivity contribution in [1.82, 2.24) is 9.55 Å². The van der Waals surface area contributed by atoms with Gasteiger partial charge in [-0.15, -0.1) is 0 Å². The molecule has 102 valence electrons. The van der Waals surface area contributed by atoms with Crippen LogP contribution in [0, 0.1) is 6.92 Å². The Balaban J connectivity index is 2.33. The van der Waals surface area contributed by atoms with Crippen LogP contribution in [0.25, 0.3) is 0 Å². The highest BCUT2D eigenvalue weighted by atomic mass is 35.5. The van der Waals surface area contributed by atoms with Gasteiger partial charge in [-0.25, -0.2) is 4.98 Å². The van der Waals surface area contributed by atoms with Crippen LogP contribution in [0.4, 0.5) is 5.69 Å². The summed E-state index contributed by atoms with van der Waals surface area (Å²) in [5.41, 5.74) is 0.256. The molecule has 0 radical (unpaired) electrons. The first-order valence-corrected chi connectivity index (χ1v) is 7.17. The van der Waals surface area contributed by atoms with Gasteiger partial charge in [-0.1, -0.05) is 11.6 Å². The lowest BCUT2D eigenvalue weighted by Crippen LogP contribution is -2.13. The second-order valence-electron chi connectivity index (χ2n) is 4.01. The summed E-state index contributed by atoms with van der Waals surface area (Å²) < 4.78 is 28.1. The molecule has 0 saturated heterocycles. The summed E-state index contributed by atoms with van der Waals surface area (Å²) in [6.45, 7) is 1.70. The van der Waals surface area contributed by atoms with Crippen molar-refractivity contribution in [3.8, 4) is 5.75 Å². The topological polar surface area (TPSA) is 84.2 Å². The van der Waals surface area contributed by atoms with E-state index in [1.807, 2.05) is 0 Å². The minimum atomic E-state index is -3.77. The lowest BCUT2D eigenvalue weighted by molar-refractivity contribution is 0.475. The number of nitrogens with one attached hydrogen (secondary N) is 1. The van der Waals surface area contributed by atoms with E-state index in [0.717, 1.165) is 0 Å². The Hall–Kier alpha value is -1.73. The number of hydrogen-bond donors (Lipinski definition) is 2. The number of hydrogen-bond acceptors (Lipinski definition) is 4. The van der Waals surface area contributed by atoms with Crippen molar-refractivity contribution in [3.05, 3.63) is 35.2 Å². The highest BCUT2D eigenvalue weighted by molar-refractivity contribution is 7.92. The van der Waals surface area contributed by atoms with Crippen LogP contribution in [0.2, 0.25) is 5.02 Å². The summed E-state index contributed by atoms with van der Waals surface area (Å²) in [6, 6.07) is 4.04. The molecule has 0 saturated carbocycles. The largest absolute Gasteiger partial charge is 0.506 e. The van der Waals surface area contributed by atoms with Gasteiger partial charge in [0, 0.05) is 13.2 Å². The molecule has 0 fully saturated rings. The summed E-state index contributed by atoms with van der Waals surface area (Å²) in [6.07, 6.45) is 1.42. The number of phenolic OH excluding ortho intramolecular Hbond substituents is 1. The number of phenols is 1. The summed E-state index contributed by atoms with van der Waals surface area (Å²) in [7, 11) is -2.06. The summed E-state index contributed by atoms with van der Waals surface area (Å²) in [5.74, 6) is 0.474. The number of aryl methyl sites for hydroxylation is 2. The zero-order chi connectivity index (χ0) is 14.2. The van der Waals surface area contributed by atoms with E-state index < -0.39 is 10.0 Å². The van der Waals surface area contributed by atoms with Crippen LogP contribution in [0.5, 0.6) is 5.75 Å². The van der Waals surface area contributed by atoms with Gasteiger partial charge in [0.05, 0.1) is 10.7 Å². The molecular formula is C11H12ClN3O3S. The van der Waals surface area contributed by atoms with Crippen molar-refractivity contribution in [1.29, 1.82) is 0 Å². The average Bonchev–Trinajstić information content (AvgIpc) is 2.65. The van der Waals surface area contributed by atoms with Crippen LogP contribution < -0.4 is 4.72 Å².